The molecule has 1 aromatic heterocycles. The van der Waals surface area contributed by atoms with Crippen molar-refractivity contribution in [2.45, 2.75) is 26.9 Å². The average molecular weight is 338 g/mol. The van der Waals surface area contributed by atoms with Crippen LogP contribution in [0.5, 0.6) is 11.5 Å². The quantitative estimate of drug-likeness (QED) is 0.526. The van der Waals surface area contributed by atoms with Crippen LogP contribution in [0.1, 0.15) is 18.1 Å². The van der Waals surface area contributed by atoms with Crippen LogP contribution in [0.4, 0.5) is 0 Å². The van der Waals surface area contributed by atoms with Crippen molar-refractivity contribution in [1.29, 1.82) is 0 Å². The Hall–Kier alpha value is -3.22. The van der Waals surface area contributed by atoms with Gasteiger partial charge in [-0.2, -0.15) is 0 Å². The second-order valence-electron chi connectivity index (χ2n) is 5.68. The van der Waals surface area contributed by atoms with E-state index < -0.39 is 12.1 Å². The summed E-state index contributed by atoms with van der Waals surface area (Å²) in [7, 11) is 0. The summed E-state index contributed by atoms with van der Waals surface area (Å²) < 4.78 is 12.5. The number of benzene rings is 2. The second-order valence-corrected chi connectivity index (χ2v) is 5.68. The van der Waals surface area contributed by atoms with Crippen molar-refractivity contribution in [3.05, 3.63) is 59.9 Å². The number of nitrogens with zero attached hydrogens (tertiary/aromatic N) is 4. The van der Waals surface area contributed by atoms with E-state index in [1.807, 2.05) is 32.0 Å². The van der Waals surface area contributed by atoms with Gasteiger partial charge in [0.1, 0.15) is 17.8 Å². The van der Waals surface area contributed by atoms with Gasteiger partial charge in [-0.05, 0) is 78.7 Å². The fourth-order valence-electron chi connectivity index (χ4n) is 2.19. The predicted molar refractivity (Wildman–Crippen MR) is 90.8 cm³/mol. The number of rotatable bonds is 5. The lowest BCUT2D eigenvalue weighted by Crippen LogP contribution is -2.28. The Bertz CT molecular complexity index is 861. The molecule has 0 N–H and O–H groups in total. The maximum Gasteiger partial charge on any atom is 0.352 e. The van der Waals surface area contributed by atoms with E-state index in [0.717, 1.165) is 11.3 Å². The monoisotopic (exact) mass is 338 g/mol. The zero-order valence-corrected chi connectivity index (χ0v) is 14.2. The van der Waals surface area contributed by atoms with Crippen LogP contribution in [0.25, 0.3) is 5.69 Å². The molecule has 0 aliphatic heterocycles. The second kappa shape index (κ2) is 7.12. The molecule has 7 heteroatoms. The van der Waals surface area contributed by atoms with Gasteiger partial charge in [0, 0.05) is 0 Å². The highest BCUT2D eigenvalue weighted by Gasteiger charge is 2.17. The molecule has 2 aromatic carbocycles. The molecule has 1 unspecified atom stereocenters. The van der Waals surface area contributed by atoms with Crippen molar-refractivity contribution in [3.8, 4) is 17.2 Å². The SMILES string of the molecule is Cc1ccc(OC(C)C(=O)Oc2ccc(-n3cnnn3)cc2)cc1C. The smallest absolute Gasteiger partial charge is 0.352 e. The number of hydrogen-bond donors (Lipinski definition) is 0. The van der Waals surface area contributed by atoms with E-state index in [1.54, 1.807) is 31.2 Å². The summed E-state index contributed by atoms with van der Waals surface area (Å²) in [6.07, 6.45) is 0.766. The van der Waals surface area contributed by atoms with E-state index in [2.05, 4.69) is 15.5 Å². The van der Waals surface area contributed by atoms with Crippen LogP contribution in [0.3, 0.4) is 0 Å². The third-order valence-electron chi connectivity index (χ3n) is 3.79. The molecule has 0 saturated heterocycles. The molecule has 0 bridgehead atoms. The number of esters is 1. The normalized spacial score (nSPS) is 11.8. The molecule has 0 radical (unpaired) electrons. The van der Waals surface area contributed by atoms with E-state index in [-0.39, 0.29) is 0 Å². The molecular weight excluding hydrogens is 320 g/mol. The highest BCUT2D eigenvalue weighted by molar-refractivity contribution is 5.77. The Morgan fingerprint density at radius 1 is 1.04 bits per heavy atom. The molecule has 128 valence electrons. The molecule has 3 rings (SSSR count). The van der Waals surface area contributed by atoms with Gasteiger partial charge in [-0.3, -0.25) is 0 Å². The molecular formula is C18H18N4O3. The van der Waals surface area contributed by atoms with Crippen LogP contribution in [-0.4, -0.2) is 32.3 Å². The first kappa shape index (κ1) is 16.6. The molecule has 1 heterocycles. The van der Waals surface area contributed by atoms with Gasteiger partial charge in [0.05, 0.1) is 5.69 Å². The van der Waals surface area contributed by atoms with Crippen LogP contribution < -0.4 is 9.47 Å². The Morgan fingerprint density at radius 2 is 1.76 bits per heavy atom. The number of hydrogen-bond acceptors (Lipinski definition) is 6. The number of ether oxygens (including phenoxy) is 2. The summed E-state index contributed by atoms with van der Waals surface area (Å²) in [5.74, 6) is 0.604. The lowest BCUT2D eigenvalue weighted by molar-refractivity contribution is -0.141. The van der Waals surface area contributed by atoms with Gasteiger partial charge in [0.15, 0.2) is 6.10 Å². The summed E-state index contributed by atoms with van der Waals surface area (Å²) in [5, 5.41) is 10.9. The fourth-order valence-corrected chi connectivity index (χ4v) is 2.19. The van der Waals surface area contributed by atoms with Gasteiger partial charge in [0.2, 0.25) is 0 Å². The maximum absolute atomic E-state index is 12.2. The minimum absolute atomic E-state index is 0.428. The molecule has 0 saturated carbocycles. The predicted octanol–water partition coefficient (Wildman–Crippen LogP) is 2.65. The zero-order valence-electron chi connectivity index (χ0n) is 14.2. The van der Waals surface area contributed by atoms with E-state index in [9.17, 15) is 4.79 Å². The Labute approximate surface area is 145 Å². The highest BCUT2D eigenvalue weighted by Crippen LogP contribution is 2.19. The third kappa shape index (κ3) is 4.00. The average Bonchev–Trinajstić information content (AvgIpc) is 3.13. The highest BCUT2D eigenvalue weighted by atomic mass is 16.6. The summed E-state index contributed by atoms with van der Waals surface area (Å²) in [5.41, 5.74) is 3.05. The van der Waals surface area contributed by atoms with E-state index in [0.29, 0.717) is 11.5 Å². The van der Waals surface area contributed by atoms with Gasteiger partial charge in [-0.15, -0.1) is 5.10 Å². The van der Waals surface area contributed by atoms with Crippen LogP contribution in [0.15, 0.2) is 48.8 Å². The van der Waals surface area contributed by atoms with Crippen LogP contribution in [0.2, 0.25) is 0 Å². The molecule has 1 atom stereocenters. The first-order valence-electron chi connectivity index (χ1n) is 7.82. The van der Waals surface area contributed by atoms with Gasteiger partial charge < -0.3 is 9.47 Å². The minimum Gasteiger partial charge on any atom is -0.479 e. The molecule has 3 aromatic rings. The van der Waals surface area contributed by atoms with Crippen LogP contribution >= 0.6 is 0 Å². The summed E-state index contributed by atoms with van der Waals surface area (Å²) in [6.45, 7) is 5.68. The van der Waals surface area contributed by atoms with Crippen LogP contribution in [0, 0.1) is 13.8 Å². The Kier molecular flexibility index (Phi) is 4.74. The van der Waals surface area contributed by atoms with Crippen molar-refractivity contribution < 1.29 is 14.3 Å². The Morgan fingerprint density at radius 3 is 2.40 bits per heavy atom. The minimum atomic E-state index is -0.721. The number of tetrazole rings is 1. The Balaban J connectivity index is 1.62. The molecule has 0 aliphatic rings. The number of carbonyl (C=O) groups excluding carboxylic acids is 1. The third-order valence-corrected chi connectivity index (χ3v) is 3.79. The van der Waals surface area contributed by atoms with Gasteiger partial charge in [0.25, 0.3) is 0 Å². The van der Waals surface area contributed by atoms with Crippen molar-refractivity contribution in [2.24, 2.45) is 0 Å². The van der Waals surface area contributed by atoms with Crippen molar-refractivity contribution >= 4 is 5.97 Å². The zero-order chi connectivity index (χ0) is 17.8. The fraction of sp³-hybridized carbons (Fsp3) is 0.222. The summed E-state index contributed by atoms with van der Waals surface area (Å²) >= 11 is 0. The first-order chi connectivity index (χ1) is 12.0. The molecule has 0 spiro atoms. The standard InChI is InChI=1S/C18H18N4O3/c1-12-4-7-17(10-13(12)2)24-14(3)18(23)25-16-8-5-15(6-9-16)22-11-19-20-21-22/h4-11,14H,1-3H3. The molecule has 0 amide bonds. The number of carbonyl (C=O) groups is 1. The van der Waals surface area contributed by atoms with E-state index in [4.69, 9.17) is 9.47 Å². The number of aryl methyl sites for hydroxylation is 2. The molecule has 7 nitrogen and oxygen atoms in total. The van der Waals surface area contributed by atoms with Gasteiger partial charge in [-0.1, -0.05) is 6.07 Å². The summed E-state index contributed by atoms with van der Waals surface area (Å²) in [6, 6.07) is 12.6. The van der Waals surface area contributed by atoms with Crippen molar-refractivity contribution in [2.75, 3.05) is 0 Å². The lowest BCUT2D eigenvalue weighted by atomic mass is 10.1. The van der Waals surface area contributed by atoms with Gasteiger partial charge >= 0.3 is 5.97 Å². The summed E-state index contributed by atoms with van der Waals surface area (Å²) in [4.78, 5) is 12.2. The van der Waals surface area contributed by atoms with E-state index >= 15 is 0 Å². The lowest BCUT2D eigenvalue weighted by Gasteiger charge is -2.15. The van der Waals surface area contributed by atoms with Crippen LogP contribution in [-0.2, 0) is 4.79 Å². The number of aromatic nitrogens is 4. The molecule has 0 fully saturated rings. The molecule has 25 heavy (non-hydrogen) atoms. The van der Waals surface area contributed by atoms with Gasteiger partial charge in [-0.25, -0.2) is 9.48 Å². The topological polar surface area (TPSA) is 79.1 Å². The van der Waals surface area contributed by atoms with E-state index in [1.165, 1.54) is 16.6 Å². The maximum atomic E-state index is 12.2. The van der Waals surface area contributed by atoms with Crippen molar-refractivity contribution in [1.82, 2.24) is 20.2 Å². The van der Waals surface area contributed by atoms with Crippen molar-refractivity contribution in [3.63, 3.8) is 0 Å². The first-order valence-corrected chi connectivity index (χ1v) is 7.82. The largest absolute Gasteiger partial charge is 0.479 e. The molecule has 0 aliphatic carbocycles.